The lowest BCUT2D eigenvalue weighted by atomic mass is 9.95. The van der Waals surface area contributed by atoms with Gasteiger partial charge in [-0.3, -0.25) is 14.5 Å². The predicted octanol–water partition coefficient (Wildman–Crippen LogP) is 6.10. The molecule has 1 fully saturated rings. The van der Waals surface area contributed by atoms with Crippen molar-refractivity contribution < 1.29 is 33.4 Å². The molecule has 2 heterocycles. The molecular weight excluding hydrogens is 535 g/mol. The van der Waals surface area contributed by atoms with Gasteiger partial charge in [0.05, 0.1) is 24.4 Å². The SMILES string of the molecule is COC(=O)c1sc(N2C(=O)C(=O)C(=C(O)c3ccc(C)c(F)c3)[C@H]2c2cccc(Oc3ccccc3)c2)nc1C. The highest BCUT2D eigenvalue weighted by atomic mass is 32.1. The van der Waals surface area contributed by atoms with Gasteiger partial charge in [-0.25, -0.2) is 14.2 Å². The average Bonchev–Trinajstić information content (AvgIpc) is 3.46. The molecule has 1 aliphatic rings. The number of amides is 1. The number of aliphatic hydroxyl groups is 1. The van der Waals surface area contributed by atoms with E-state index in [1.54, 1.807) is 50.2 Å². The van der Waals surface area contributed by atoms with E-state index in [2.05, 4.69) is 4.98 Å². The highest BCUT2D eigenvalue weighted by Crippen LogP contribution is 2.44. The van der Waals surface area contributed by atoms with Gasteiger partial charge in [-0.1, -0.05) is 53.8 Å². The Morgan fingerprint density at radius 3 is 2.42 bits per heavy atom. The number of thiazole rings is 1. The highest BCUT2D eigenvalue weighted by molar-refractivity contribution is 7.17. The number of hydrogen-bond acceptors (Lipinski definition) is 8. The minimum absolute atomic E-state index is 0.0355. The van der Waals surface area contributed by atoms with Crippen molar-refractivity contribution in [2.45, 2.75) is 19.9 Å². The number of carbonyl (C=O) groups excluding carboxylic acids is 3. The van der Waals surface area contributed by atoms with Crippen LogP contribution in [0.25, 0.3) is 5.76 Å². The number of aliphatic hydroxyl groups excluding tert-OH is 1. The van der Waals surface area contributed by atoms with Crippen molar-refractivity contribution >= 4 is 39.9 Å². The third-order valence-electron chi connectivity index (χ3n) is 6.40. The minimum Gasteiger partial charge on any atom is -0.507 e. The summed E-state index contributed by atoms with van der Waals surface area (Å²) in [7, 11) is 1.23. The van der Waals surface area contributed by atoms with Gasteiger partial charge in [-0.2, -0.15) is 0 Å². The molecule has 0 saturated carbocycles. The van der Waals surface area contributed by atoms with Crippen molar-refractivity contribution in [1.82, 2.24) is 4.98 Å². The molecule has 8 nitrogen and oxygen atoms in total. The molecule has 10 heteroatoms. The number of halogens is 1. The second-order valence-corrected chi connectivity index (χ2v) is 10.0. The van der Waals surface area contributed by atoms with Crippen LogP contribution in [0.5, 0.6) is 11.5 Å². The maximum atomic E-state index is 14.4. The summed E-state index contributed by atoms with van der Waals surface area (Å²) in [5.74, 6) is -2.71. The van der Waals surface area contributed by atoms with Gasteiger partial charge in [0.2, 0.25) is 0 Å². The first-order valence-electron chi connectivity index (χ1n) is 12.2. The van der Waals surface area contributed by atoms with E-state index in [0.29, 0.717) is 28.3 Å². The van der Waals surface area contributed by atoms with E-state index in [1.165, 1.54) is 19.2 Å². The van der Waals surface area contributed by atoms with Gasteiger partial charge >= 0.3 is 11.9 Å². The van der Waals surface area contributed by atoms with Crippen LogP contribution in [0.2, 0.25) is 0 Å². The van der Waals surface area contributed by atoms with E-state index >= 15 is 0 Å². The number of para-hydroxylation sites is 1. The fourth-order valence-corrected chi connectivity index (χ4v) is 5.39. The quantitative estimate of drug-likeness (QED) is 0.132. The van der Waals surface area contributed by atoms with Gasteiger partial charge in [0, 0.05) is 5.56 Å². The third kappa shape index (κ3) is 4.85. The number of aromatic nitrogens is 1. The van der Waals surface area contributed by atoms with E-state index in [4.69, 9.17) is 9.47 Å². The van der Waals surface area contributed by atoms with Crippen molar-refractivity contribution in [3.8, 4) is 11.5 Å². The molecular formula is C30H23FN2O6S. The Balaban J connectivity index is 1.69. The molecule has 0 radical (unpaired) electrons. The number of rotatable bonds is 6. The van der Waals surface area contributed by atoms with Crippen LogP contribution >= 0.6 is 11.3 Å². The first kappa shape index (κ1) is 26.8. The van der Waals surface area contributed by atoms with Gasteiger partial charge in [0.25, 0.3) is 5.78 Å². The molecule has 0 bridgehead atoms. The number of aryl methyl sites for hydroxylation is 2. The number of carbonyl (C=O) groups is 3. The molecule has 1 aliphatic heterocycles. The van der Waals surface area contributed by atoms with Crippen LogP contribution in [0.4, 0.5) is 9.52 Å². The van der Waals surface area contributed by atoms with E-state index in [1.807, 2.05) is 18.2 Å². The molecule has 1 aromatic heterocycles. The van der Waals surface area contributed by atoms with Crippen molar-refractivity contribution in [2.75, 3.05) is 12.0 Å². The third-order valence-corrected chi connectivity index (χ3v) is 7.54. The maximum absolute atomic E-state index is 14.4. The first-order valence-corrected chi connectivity index (χ1v) is 13.0. The highest BCUT2D eigenvalue weighted by Gasteiger charge is 2.48. The molecule has 1 atom stereocenters. The van der Waals surface area contributed by atoms with Crippen molar-refractivity contribution in [2.24, 2.45) is 0 Å². The summed E-state index contributed by atoms with van der Waals surface area (Å²) < 4.78 is 25.2. The molecule has 1 saturated heterocycles. The fraction of sp³-hybridized carbons (Fsp3) is 0.133. The molecule has 0 unspecified atom stereocenters. The largest absolute Gasteiger partial charge is 0.507 e. The molecule has 4 aromatic rings. The molecule has 1 amide bonds. The Morgan fingerprint density at radius 1 is 1.00 bits per heavy atom. The number of ether oxygens (including phenoxy) is 2. The van der Waals surface area contributed by atoms with E-state index in [0.717, 1.165) is 22.3 Å². The Hall–Kier alpha value is -4.83. The van der Waals surface area contributed by atoms with Crippen molar-refractivity contribution in [1.29, 1.82) is 0 Å². The second-order valence-electron chi connectivity index (χ2n) is 9.02. The smallest absolute Gasteiger partial charge is 0.350 e. The van der Waals surface area contributed by atoms with Crippen LogP contribution in [-0.2, 0) is 14.3 Å². The minimum atomic E-state index is -1.15. The monoisotopic (exact) mass is 558 g/mol. The van der Waals surface area contributed by atoms with Crippen LogP contribution in [-0.4, -0.2) is 34.9 Å². The number of esters is 1. The molecule has 0 spiro atoms. The summed E-state index contributed by atoms with van der Waals surface area (Å²) >= 11 is 0.886. The van der Waals surface area contributed by atoms with Gasteiger partial charge < -0.3 is 14.6 Å². The van der Waals surface area contributed by atoms with E-state index < -0.39 is 35.3 Å². The Bertz CT molecular complexity index is 1680. The molecule has 0 aliphatic carbocycles. The number of ketones is 1. The molecule has 3 aromatic carbocycles. The standard InChI is InChI=1S/C30H23FN2O6S/c1-16-12-13-19(15-22(16)31)25(34)23-24(18-8-7-11-21(14-18)39-20-9-5-4-6-10-20)33(28(36)26(23)35)30-32-17(2)27(40-30)29(37)38-3/h4-15,24,34H,1-3H3/t24-/m1/s1. The summed E-state index contributed by atoms with van der Waals surface area (Å²) in [6.45, 7) is 3.15. The lowest BCUT2D eigenvalue weighted by Gasteiger charge is -2.23. The zero-order chi connectivity index (χ0) is 28.6. The first-order chi connectivity index (χ1) is 19.2. The Morgan fingerprint density at radius 2 is 1.73 bits per heavy atom. The number of methoxy groups -OCH3 is 1. The molecule has 5 rings (SSSR count). The lowest BCUT2D eigenvalue weighted by molar-refractivity contribution is -0.132. The van der Waals surface area contributed by atoms with Crippen LogP contribution < -0.4 is 9.64 Å². The van der Waals surface area contributed by atoms with E-state index in [9.17, 15) is 23.9 Å². The molecule has 202 valence electrons. The number of benzene rings is 3. The number of Topliss-reactive ketones (excluding diaryl/α,β-unsaturated/α-hetero) is 1. The van der Waals surface area contributed by atoms with Gasteiger partial charge in [-0.15, -0.1) is 0 Å². The Labute approximate surface area is 232 Å². The fourth-order valence-electron chi connectivity index (χ4n) is 4.38. The predicted molar refractivity (Wildman–Crippen MR) is 147 cm³/mol. The number of nitrogens with zero attached hydrogens (tertiary/aromatic N) is 2. The van der Waals surface area contributed by atoms with E-state index in [-0.39, 0.29) is 21.1 Å². The van der Waals surface area contributed by atoms with Crippen molar-refractivity contribution in [3.63, 3.8) is 0 Å². The molecule has 1 N–H and O–H groups in total. The van der Waals surface area contributed by atoms with Crippen LogP contribution in [0.1, 0.15) is 38.1 Å². The maximum Gasteiger partial charge on any atom is 0.350 e. The zero-order valence-corrected chi connectivity index (χ0v) is 22.5. The molecule has 40 heavy (non-hydrogen) atoms. The number of hydrogen-bond donors (Lipinski definition) is 1. The Kier molecular flexibility index (Phi) is 7.19. The van der Waals surface area contributed by atoms with Crippen molar-refractivity contribution in [3.05, 3.63) is 111 Å². The van der Waals surface area contributed by atoms with Crippen LogP contribution in [0, 0.1) is 19.7 Å². The lowest BCUT2D eigenvalue weighted by Crippen LogP contribution is -2.29. The second kappa shape index (κ2) is 10.7. The summed E-state index contributed by atoms with van der Waals surface area (Å²) in [4.78, 5) is 44.9. The average molecular weight is 559 g/mol. The van der Waals surface area contributed by atoms with Crippen LogP contribution in [0.15, 0.2) is 78.4 Å². The summed E-state index contributed by atoms with van der Waals surface area (Å²) in [5.41, 5.74) is 0.877. The summed E-state index contributed by atoms with van der Waals surface area (Å²) in [6.07, 6.45) is 0. The zero-order valence-electron chi connectivity index (χ0n) is 21.7. The summed E-state index contributed by atoms with van der Waals surface area (Å²) in [6, 6.07) is 18.6. The van der Waals surface area contributed by atoms with Crippen LogP contribution in [0.3, 0.4) is 0 Å². The van der Waals surface area contributed by atoms with Gasteiger partial charge in [0.15, 0.2) is 5.13 Å². The normalized spacial score (nSPS) is 16.3. The van der Waals surface area contributed by atoms with Gasteiger partial charge in [0.1, 0.15) is 28.0 Å². The van der Waals surface area contributed by atoms with Gasteiger partial charge in [-0.05, 0) is 55.3 Å². The number of anilines is 1. The topological polar surface area (TPSA) is 106 Å². The summed E-state index contributed by atoms with van der Waals surface area (Å²) in [5, 5.41) is 11.4.